The van der Waals surface area contributed by atoms with E-state index in [1.54, 1.807) is 13.0 Å². The molecule has 0 saturated carbocycles. The van der Waals surface area contributed by atoms with Gasteiger partial charge in [0.1, 0.15) is 5.15 Å². The number of aryl methyl sites for hydroxylation is 3. The van der Waals surface area contributed by atoms with Gasteiger partial charge in [0.2, 0.25) is 5.78 Å². The van der Waals surface area contributed by atoms with Crippen LogP contribution in [0.5, 0.6) is 0 Å². The summed E-state index contributed by atoms with van der Waals surface area (Å²) in [7, 11) is 0. The summed E-state index contributed by atoms with van der Waals surface area (Å²) in [6.45, 7) is 7.35. The first kappa shape index (κ1) is 17.2. The molecule has 0 saturated heterocycles. The number of Topliss-reactive ketones (excluding diaryl/α,β-unsaturated/α-hetero) is 1. The Morgan fingerprint density at radius 3 is 2.39 bits per heavy atom. The zero-order valence-electron chi connectivity index (χ0n) is 13.5. The third-order valence-electron chi connectivity index (χ3n) is 3.74. The fourth-order valence-electron chi connectivity index (χ4n) is 2.26. The summed E-state index contributed by atoms with van der Waals surface area (Å²) < 4.78 is 5.25. The number of ether oxygens (including phenoxy) is 1. The van der Waals surface area contributed by atoms with Crippen molar-refractivity contribution < 1.29 is 14.3 Å². The van der Waals surface area contributed by atoms with Gasteiger partial charge in [-0.25, -0.2) is 9.78 Å². The van der Waals surface area contributed by atoms with E-state index >= 15 is 0 Å². The second-order valence-corrected chi connectivity index (χ2v) is 5.86. The Kier molecular flexibility index (Phi) is 5.16. The maximum absolute atomic E-state index is 12.6. The Morgan fingerprint density at radius 1 is 1.09 bits per heavy atom. The van der Waals surface area contributed by atoms with Crippen molar-refractivity contribution in [2.45, 2.75) is 33.8 Å². The van der Waals surface area contributed by atoms with Crippen molar-refractivity contribution in [3.63, 3.8) is 0 Å². The first-order chi connectivity index (χ1) is 10.8. The molecule has 120 valence electrons. The molecule has 23 heavy (non-hydrogen) atoms. The number of carbonyl (C=O) groups is 2. The summed E-state index contributed by atoms with van der Waals surface area (Å²) in [6, 6.07) is 6.88. The summed E-state index contributed by atoms with van der Waals surface area (Å²) in [5, 5.41) is 0.0551. The van der Waals surface area contributed by atoms with Gasteiger partial charge in [-0.2, -0.15) is 0 Å². The largest absolute Gasteiger partial charge is 0.451 e. The summed E-state index contributed by atoms with van der Waals surface area (Å²) in [5.41, 5.74) is 3.70. The van der Waals surface area contributed by atoms with Gasteiger partial charge >= 0.3 is 5.97 Å². The number of rotatable bonds is 4. The van der Waals surface area contributed by atoms with E-state index < -0.39 is 12.1 Å². The average Bonchev–Trinajstić information content (AvgIpc) is 2.50. The van der Waals surface area contributed by atoms with Crippen molar-refractivity contribution >= 4 is 23.4 Å². The van der Waals surface area contributed by atoms with Crippen LogP contribution in [-0.4, -0.2) is 22.8 Å². The van der Waals surface area contributed by atoms with Crippen LogP contribution in [0.1, 0.15) is 44.3 Å². The molecule has 0 unspecified atom stereocenters. The van der Waals surface area contributed by atoms with Gasteiger partial charge in [-0.3, -0.25) is 4.79 Å². The predicted octanol–water partition coefficient (Wildman–Crippen LogP) is 4.09. The fourth-order valence-corrected chi connectivity index (χ4v) is 2.46. The average molecular weight is 332 g/mol. The van der Waals surface area contributed by atoms with Gasteiger partial charge < -0.3 is 4.74 Å². The van der Waals surface area contributed by atoms with E-state index in [1.807, 2.05) is 32.9 Å². The normalized spacial score (nSPS) is 11.9. The van der Waals surface area contributed by atoms with Crippen molar-refractivity contribution in [2.75, 3.05) is 0 Å². The molecule has 0 bridgehead atoms. The molecule has 2 aromatic rings. The van der Waals surface area contributed by atoms with E-state index in [0.717, 1.165) is 16.7 Å². The molecular formula is C18H18ClNO3. The summed E-state index contributed by atoms with van der Waals surface area (Å²) >= 11 is 5.87. The smallest absolute Gasteiger partial charge is 0.341 e. The molecule has 0 aliphatic rings. The zero-order chi connectivity index (χ0) is 17.1. The van der Waals surface area contributed by atoms with E-state index in [1.165, 1.54) is 12.3 Å². The van der Waals surface area contributed by atoms with Crippen LogP contribution >= 0.6 is 11.6 Å². The molecule has 0 aliphatic heterocycles. The van der Waals surface area contributed by atoms with E-state index in [2.05, 4.69) is 4.98 Å². The molecule has 2 rings (SSSR count). The minimum atomic E-state index is -0.903. The molecule has 1 atom stereocenters. The van der Waals surface area contributed by atoms with Gasteiger partial charge in [-0.1, -0.05) is 17.7 Å². The number of aromatic nitrogens is 1. The molecule has 0 aliphatic carbocycles. The van der Waals surface area contributed by atoms with Gasteiger partial charge in [-0.15, -0.1) is 0 Å². The molecule has 1 heterocycles. The number of halogens is 1. The van der Waals surface area contributed by atoms with Crippen molar-refractivity contribution in [2.24, 2.45) is 0 Å². The van der Waals surface area contributed by atoms with Crippen molar-refractivity contribution in [3.8, 4) is 0 Å². The lowest BCUT2D eigenvalue weighted by Crippen LogP contribution is -2.25. The number of hydrogen-bond donors (Lipinski definition) is 0. The summed E-state index contributed by atoms with van der Waals surface area (Å²) in [5.74, 6) is -0.899. The third-order valence-corrected chi connectivity index (χ3v) is 4.04. The number of hydrogen-bond acceptors (Lipinski definition) is 4. The molecule has 5 heteroatoms. The predicted molar refractivity (Wildman–Crippen MR) is 89.1 cm³/mol. The minimum absolute atomic E-state index is 0.0551. The maximum Gasteiger partial charge on any atom is 0.341 e. The molecule has 1 aromatic heterocycles. The number of esters is 1. The van der Waals surface area contributed by atoms with Gasteiger partial charge in [-0.05, 0) is 62.6 Å². The summed E-state index contributed by atoms with van der Waals surface area (Å²) in [4.78, 5) is 28.5. The molecule has 4 nitrogen and oxygen atoms in total. The van der Waals surface area contributed by atoms with E-state index in [-0.39, 0.29) is 16.5 Å². The monoisotopic (exact) mass is 331 g/mol. The second kappa shape index (κ2) is 6.92. The fraction of sp³-hybridized carbons (Fsp3) is 0.278. The highest BCUT2D eigenvalue weighted by Gasteiger charge is 2.23. The van der Waals surface area contributed by atoms with Crippen molar-refractivity contribution in [3.05, 3.63) is 63.4 Å². The Morgan fingerprint density at radius 2 is 1.74 bits per heavy atom. The van der Waals surface area contributed by atoms with Crippen LogP contribution in [0, 0.1) is 20.8 Å². The van der Waals surface area contributed by atoms with E-state index in [9.17, 15) is 9.59 Å². The van der Waals surface area contributed by atoms with Crippen LogP contribution in [0.4, 0.5) is 0 Å². The molecule has 1 aromatic carbocycles. The van der Waals surface area contributed by atoms with Crippen molar-refractivity contribution in [1.29, 1.82) is 0 Å². The Balaban J connectivity index is 2.19. The SMILES string of the molecule is Cc1cc(C)c(C(=O)[C@H](C)OC(=O)c2cccnc2Cl)cc1C. The second-order valence-electron chi connectivity index (χ2n) is 5.50. The van der Waals surface area contributed by atoms with Crippen LogP contribution in [0.25, 0.3) is 0 Å². The number of ketones is 1. The van der Waals surface area contributed by atoms with Crippen LogP contribution in [0.2, 0.25) is 5.15 Å². The zero-order valence-corrected chi connectivity index (χ0v) is 14.3. The van der Waals surface area contributed by atoms with Crippen LogP contribution in [0.3, 0.4) is 0 Å². The Bertz CT molecular complexity index is 771. The lowest BCUT2D eigenvalue weighted by Gasteiger charge is -2.15. The number of carbonyl (C=O) groups excluding carboxylic acids is 2. The summed E-state index contributed by atoms with van der Waals surface area (Å²) in [6.07, 6.45) is 0.575. The van der Waals surface area contributed by atoms with Gasteiger partial charge in [0.05, 0.1) is 5.56 Å². The van der Waals surface area contributed by atoms with Crippen LogP contribution in [0.15, 0.2) is 30.5 Å². The lowest BCUT2D eigenvalue weighted by atomic mass is 9.96. The molecule has 0 N–H and O–H groups in total. The first-order valence-electron chi connectivity index (χ1n) is 7.24. The quantitative estimate of drug-likeness (QED) is 0.481. The maximum atomic E-state index is 12.6. The number of benzene rings is 1. The first-order valence-corrected chi connectivity index (χ1v) is 7.62. The highest BCUT2D eigenvalue weighted by Crippen LogP contribution is 2.19. The van der Waals surface area contributed by atoms with Gasteiger partial charge in [0, 0.05) is 11.8 Å². The standard InChI is InChI=1S/C18H18ClNO3/c1-10-8-12(3)15(9-11(10)2)16(21)13(4)23-18(22)14-6-5-7-20-17(14)19/h5-9,13H,1-4H3/t13-/m0/s1. The topological polar surface area (TPSA) is 56.3 Å². The molecule has 0 amide bonds. The van der Waals surface area contributed by atoms with Gasteiger partial charge in [0.25, 0.3) is 0 Å². The Hall–Kier alpha value is -2.20. The number of pyridine rings is 1. The molecular weight excluding hydrogens is 314 g/mol. The Labute approximate surface area is 140 Å². The van der Waals surface area contributed by atoms with Crippen LogP contribution in [-0.2, 0) is 4.74 Å². The lowest BCUT2D eigenvalue weighted by molar-refractivity contribution is 0.0318. The highest BCUT2D eigenvalue weighted by atomic mass is 35.5. The molecule has 0 radical (unpaired) electrons. The van der Waals surface area contributed by atoms with Crippen molar-refractivity contribution in [1.82, 2.24) is 4.98 Å². The number of nitrogens with zero attached hydrogens (tertiary/aromatic N) is 1. The van der Waals surface area contributed by atoms with E-state index in [4.69, 9.17) is 16.3 Å². The molecule has 0 spiro atoms. The third kappa shape index (κ3) is 3.77. The van der Waals surface area contributed by atoms with Crippen LogP contribution < -0.4 is 0 Å². The molecule has 0 fully saturated rings. The minimum Gasteiger partial charge on any atom is -0.451 e. The van der Waals surface area contributed by atoms with Gasteiger partial charge in [0.15, 0.2) is 6.10 Å². The van der Waals surface area contributed by atoms with E-state index in [0.29, 0.717) is 5.56 Å². The highest BCUT2D eigenvalue weighted by molar-refractivity contribution is 6.32.